The Morgan fingerprint density at radius 3 is 3.00 bits per heavy atom. The van der Waals surface area contributed by atoms with Crippen LogP contribution in [0, 0.1) is 0 Å². The van der Waals surface area contributed by atoms with E-state index in [2.05, 4.69) is 15.3 Å². The van der Waals surface area contributed by atoms with Crippen LogP contribution >= 0.6 is 22.9 Å². The Balaban J connectivity index is 1.72. The number of halogens is 1. The molecule has 1 N–H and O–H groups in total. The number of carbonyl (C=O) groups is 1. The van der Waals surface area contributed by atoms with Crippen molar-refractivity contribution < 1.29 is 9.53 Å². The third-order valence-electron chi connectivity index (χ3n) is 3.52. The maximum Gasteiger partial charge on any atom is 0.255 e. The van der Waals surface area contributed by atoms with Gasteiger partial charge in [-0.3, -0.25) is 9.48 Å². The van der Waals surface area contributed by atoms with Crippen LogP contribution in [0.1, 0.15) is 0 Å². The normalized spacial score (nSPS) is 19.3. The fraction of sp³-hybridized carbons (Fsp3) is 0.429. The minimum Gasteiger partial charge on any atom is -0.366 e. The van der Waals surface area contributed by atoms with E-state index in [9.17, 15) is 4.79 Å². The van der Waals surface area contributed by atoms with Gasteiger partial charge in [-0.05, 0) is 19.2 Å². The van der Waals surface area contributed by atoms with Crippen LogP contribution in [-0.4, -0.2) is 53.4 Å². The van der Waals surface area contributed by atoms with Gasteiger partial charge in [-0.1, -0.05) is 11.6 Å². The number of nitrogens with zero attached hydrogens (tertiary/aromatic N) is 3. The predicted octanol–water partition coefficient (Wildman–Crippen LogP) is 2.07. The summed E-state index contributed by atoms with van der Waals surface area (Å²) in [5.74, 6) is 0.492. The van der Waals surface area contributed by atoms with Gasteiger partial charge < -0.3 is 15.0 Å². The van der Waals surface area contributed by atoms with Crippen molar-refractivity contribution in [2.45, 2.75) is 6.10 Å². The average Bonchev–Trinajstić information content (AvgIpc) is 3.06. The number of carbonyl (C=O) groups excluding carboxylic acids is 1. The van der Waals surface area contributed by atoms with E-state index in [4.69, 9.17) is 16.3 Å². The summed E-state index contributed by atoms with van der Waals surface area (Å²) in [5.41, 5.74) is 0.788. The number of amides is 1. The number of aryl methyl sites for hydroxylation is 1. The molecule has 2 aromatic rings. The molecular formula is C14H17ClN4O2S. The fourth-order valence-corrected chi connectivity index (χ4v) is 3.30. The highest BCUT2D eigenvalue weighted by molar-refractivity contribution is 7.19. The predicted molar refractivity (Wildman–Crippen MR) is 87.4 cm³/mol. The molecule has 0 saturated carbocycles. The van der Waals surface area contributed by atoms with Crippen LogP contribution in [0.25, 0.3) is 10.6 Å². The lowest BCUT2D eigenvalue weighted by atomic mass is 10.2. The molecule has 1 unspecified atom stereocenters. The molecule has 6 nitrogen and oxygen atoms in total. The first kappa shape index (κ1) is 15.5. The lowest BCUT2D eigenvalue weighted by Crippen LogP contribution is -2.46. The number of anilines is 1. The van der Waals surface area contributed by atoms with Crippen LogP contribution in [-0.2, 0) is 16.6 Å². The van der Waals surface area contributed by atoms with Crippen molar-refractivity contribution in [2.24, 2.45) is 7.05 Å². The molecule has 0 aromatic carbocycles. The van der Waals surface area contributed by atoms with Crippen molar-refractivity contribution in [3.8, 4) is 10.6 Å². The summed E-state index contributed by atoms with van der Waals surface area (Å²) >= 11 is 7.41. The van der Waals surface area contributed by atoms with Crippen LogP contribution in [0.2, 0.25) is 4.34 Å². The second-order valence-electron chi connectivity index (χ2n) is 5.25. The monoisotopic (exact) mass is 340 g/mol. The van der Waals surface area contributed by atoms with E-state index in [0.29, 0.717) is 23.3 Å². The number of likely N-dealkylation sites (N-methyl/N-ethyl adjacent to an activating group) is 1. The van der Waals surface area contributed by atoms with Crippen LogP contribution in [0.3, 0.4) is 0 Å². The van der Waals surface area contributed by atoms with E-state index in [0.717, 1.165) is 17.1 Å². The van der Waals surface area contributed by atoms with Crippen molar-refractivity contribution in [3.05, 3.63) is 22.5 Å². The molecule has 3 heterocycles. The molecule has 0 spiro atoms. The first-order valence-electron chi connectivity index (χ1n) is 6.93. The Hall–Kier alpha value is -1.41. The van der Waals surface area contributed by atoms with Gasteiger partial charge in [-0.25, -0.2) is 0 Å². The molecule has 22 heavy (non-hydrogen) atoms. The topological polar surface area (TPSA) is 59.4 Å². The summed E-state index contributed by atoms with van der Waals surface area (Å²) in [6.07, 6.45) is -0.451. The number of hydrogen-bond acceptors (Lipinski definition) is 5. The van der Waals surface area contributed by atoms with E-state index in [1.165, 1.54) is 11.3 Å². The first-order valence-corrected chi connectivity index (χ1v) is 8.13. The zero-order valence-electron chi connectivity index (χ0n) is 12.4. The van der Waals surface area contributed by atoms with Gasteiger partial charge in [0.25, 0.3) is 5.91 Å². The molecule has 2 aromatic heterocycles. The molecule has 1 amide bonds. The Kier molecular flexibility index (Phi) is 4.49. The first-order chi connectivity index (χ1) is 10.5. The summed E-state index contributed by atoms with van der Waals surface area (Å²) in [6, 6.07) is 5.59. The maximum absolute atomic E-state index is 12.3. The second-order valence-corrected chi connectivity index (χ2v) is 6.97. The van der Waals surface area contributed by atoms with E-state index < -0.39 is 6.10 Å². The van der Waals surface area contributed by atoms with Crippen molar-refractivity contribution in [3.63, 3.8) is 0 Å². The maximum atomic E-state index is 12.3. The summed E-state index contributed by atoms with van der Waals surface area (Å²) in [4.78, 5) is 15.3. The van der Waals surface area contributed by atoms with Crippen molar-refractivity contribution in [2.75, 3.05) is 32.1 Å². The van der Waals surface area contributed by atoms with E-state index >= 15 is 0 Å². The van der Waals surface area contributed by atoms with Crippen LogP contribution in [0.15, 0.2) is 18.2 Å². The van der Waals surface area contributed by atoms with Gasteiger partial charge in [0.2, 0.25) is 0 Å². The Morgan fingerprint density at radius 1 is 1.50 bits per heavy atom. The van der Waals surface area contributed by atoms with Gasteiger partial charge in [0.15, 0.2) is 0 Å². The molecule has 0 bridgehead atoms. The molecule has 1 atom stereocenters. The van der Waals surface area contributed by atoms with Crippen molar-refractivity contribution in [1.29, 1.82) is 0 Å². The van der Waals surface area contributed by atoms with Crippen molar-refractivity contribution >= 4 is 34.7 Å². The molecule has 1 saturated heterocycles. The molecular weight excluding hydrogens is 324 g/mol. The zero-order chi connectivity index (χ0) is 15.7. The number of nitrogens with one attached hydrogen (secondary N) is 1. The van der Waals surface area contributed by atoms with Crippen molar-refractivity contribution in [1.82, 2.24) is 14.7 Å². The van der Waals surface area contributed by atoms with Gasteiger partial charge >= 0.3 is 0 Å². The lowest BCUT2D eigenvalue weighted by Gasteiger charge is -2.28. The number of ether oxygens (including phenoxy) is 1. The standard InChI is InChI=1S/C14H17ClN4O2S/c1-18-5-6-21-10(8-18)14(20)16-13-7-9(17-19(13)2)11-3-4-12(15)22-11/h3-4,7,10H,5-6,8H2,1-2H3,(H,16,20). The third-order valence-corrected chi connectivity index (χ3v) is 4.77. The molecule has 118 valence electrons. The smallest absolute Gasteiger partial charge is 0.255 e. The quantitative estimate of drug-likeness (QED) is 0.929. The SMILES string of the molecule is CN1CCOC(C(=O)Nc2cc(-c3ccc(Cl)s3)nn2C)C1. The highest BCUT2D eigenvalue weighted by atomic mass is 35.5. The van der Waals surface area contributed by atoms with Gasteiger partial charge in [0, 0.05) is 26.2 Å². The van der Waals surface area contributed by atoms with Crippen LogP contribution < -0.4 is 5.32 Å². The van der Waals surface area contributed by atoms with Gasteiger partial charge in [0.1, 0.15) is 17.6 Å². The zero-order valence-corrected chi connectivity index (χ0v) is 13.9. The minimum absolute atomic E-state index is 0.148. The highest BCUT2D eigenvalue weighted by Gasteiger charge is 2.25. The third kappa shape index (κ3) is 3.33. The van der Waals surface area contributed by atoms with Gasteiger partial charge in [-0.2, -0.15) is 5.10 Å². The average molecular weight is 341 g/mol. The van der Waals surface area contributed by atoms with E-state index in [-0.39, 0.29) is 5.91 Å². The van der Waals surface area contributed by atoms with Gasteiger partial charge in [-0.15, -0.1) is 11.3 Å². The van der Waals surface area contributed by atoms with Crippen LogP contribution in [0.5, 0.6) is 0 Å². The molecule has 3 rings (SSSR count). The number of thiophene rings is 1. The number of hydrogen-bond donors (Lipinski definition) is 1. The fourth-order valence-electron chi connectivity index (χ4n) is 2.30. The lowest BCUT2D eigenvalue weighted by molar-refractivity contribution is -0.132. The number of aromatic nitrogens is 2. The summed E-state index contributed by atoms with van der Waals surface area (Å²) < 4.78 is 7.88. The highest BCUT2D eigenvalue weighted by Crippen LogP contribution is 2.31. The molecule has 0 radical (unpaired) electrons. The molecule has 1 fully saturated rings. The number of rotatable bonds is 3. The summed E-state index contributed by atoms with van der Waals surface area (Å²) in [5, 5.41) is 7.29. The van der Waals surface area contributed by atoms with E-state index in [1.807, 2.05) is 25.2 Å². The molecule has 8 heteroatoms. The summed E-state index contributed by atoms with van der Waals surface area (Å²) in [6.45, 7) is 2.01. The molecule has 1 aliphatic rings. The second kappa shape index (κ2) is 6.37. The Bertz CT molecular complexity index is 684. The largest absolute Gasteiger partial charge is 0.366 e. The van der Waals surface area contributed by atoms with E-state index in [1.54, 1.807) is 11.7 Å². The number of morpholine rings is 1. The Labute approximate surface area is 137 Å². The Morgan fingerprint density at radius 2 is 2.32 bits per heavy atom. The minimum atomic E-state index is -0.451. The molecule has 1 aliphatic heterocycles. The summed E-state index contributed by atoms with van der Waals surface area (Å²) in [7, 11) is 3.77. The van der Waals surface area contributed by atoms with Gasteiger partial charge in [0.05, 0.1) is 15.8 Å². The van der Waals surface area contributed by atoms with Crippen LogP contribution in [0.4, 0.5) is 5.82 Å². The molecule has 0 aliphatic carbocycles.